The van der Waals surface area contributed by atoms with Crippen molar-refractivity contribution in [1.82, 2.24) is 29.8 Å². The third kappa shape index (κ3) is 3.60. The van der Waals surface area contributed by atoms with E-state index >= 15 is 0 Å². The van der Waals surface area contributed by atoms with Crippen molar-refractivity contribution in [3.8, 4) is 22.6 Å². The maximum atomic E-state index is 12.7. The monoisotopic (exact) mass is 449 g/mol. The van der Waals surface area contributed by atoms with Crippen molar-refractivity contribution in [1.29, 1.82) is 0 Å². The summed E-state index contributed by atoms with van der Waals surface area (Å²) < 4.78 is 2.69. The van der Waals surface area contributed by atoms with Crippen LogP contribution >= 0.6 is 11.3 Å². The Balaban J connectivity index is 1.26. The Hall–Kier alpha value is -4.50. The predicted octanol–water partition coefficient (Wildman–Crippen LogP) is 4.72. The Bertz CT molecular complexity index is 1610. The van der Waals surface area contributed by atoms with Crippen LogP contribution in [0.25, 0.3) is 38.5 Å². The van der Waals surface area contributed by atoms with Crippen LogP contribution in [0.2, 0.25) is 0 Å². The van der Waals surface area contributed by atoms with Crippen LogP contribution in [0.5, 0.6) is 0 Å². The van der Waals surface area contributed by atoms with Gasteiger partial charge in [-0.3, -0.25) is 9.78 Å². The van der Waals surface area contributed by atoms with Crippen molar-refractivity contribution in [3.63, 3.8) is 0 Å². The van der Waals surface area contributed by atoms with Crippen molar-refractivity contribution in [2.45, 2.75) is 0 Å². The van der Waals surface area contributed by atoms with Gasteiger partial charge in [-0.05, 0) is 54.6 Å². The zero-order valence-corrected chi connectivity index (χ0v) is 17.9. The Morgan fingerprint density at radius 3 is 2.70 bits per heavy atom. The Morgan fingerprint density at radius 1 is 0.939 bits per heavy atom. The van der Waals surface area contributed by atoms with E-state index in [0.29, 0.717) is 22.7 Å². The maximum Gasteiger partial charge on any atom is 0.255 e. The number of anilines is 1. The standard InChI is InChI=1S/C24H15N7OS/c32-24(16-5-8-20-21(12-16)33-14-26-20)27-18-6-3-15(4-7-18)19-9-10-22-28-29-23(31(22)30-19)17-2-1-11-25-13-17/h1-14H,(H,27,32). The number of pyridine rings is 1. The van der Waals surface area contributed by atoms with Crippen molar-refractivity contribution in [2.24, 2.45) is 0 Å². The largest absolute Gasteiger partial charge is 0.322 e. The first-order chi connectivity index (χ1) is 16.2. The number of nitrogens with one attached hydrogen (secondary N) is 1. The molecule has 0 aliphatic carbocycles. The number of nitrogens with zero attached hydrogens (tertiary/aromatic N) is 6. The van der Waals surface area contributed by atoms with E-state index in [1.54, 1.807) is 28.5 Å². The first-order valence-corrected chi connectivity index (χ1v) is 11.0. The lowest BCUT2D eigenvalue weighted by Crippen LogP contribution is -2.11. The number of rotatable bonds is 4. The Labute approximate surface area is 191 Å². The molecule has 4 heterocycles. The summed E-state index contributed by atoms with van der Waals surface area (Å²) in [6.07, 6.45) is 3.44. The topological polar surface area (TPSA) is 98.0 Å². The van der Waals surface area contributed by atoms with Crippen LogP contribution in [0.3, 0.4) is 0 Å². The predicted molar refractivity (Wildman–Crippen MR) is 127 cm³/mol. The SMILES string of the molecule is O=C(Nc1ccc(-c2ccc3nnc(-c4cccnc4)n3n2)cc1)c1ccc2ncsc2c1. The van der Waals surface area contributed by atoms with Gasteiger partial charge in [-0.25, -0.2) is 4.98 Å². The van der Waals surface area contributed by atoms with Crippen LogP contribution in [-0.2, 0) is 0 Å². The van der Waals surface area contributed by atoms with Gasteiger partial charge in [-0.1, -0.05) is 12.1 Å². The molecule has 0 aliphatic rings. The number of aromatic nitrogens is 6. The molecule has 0 aliphatic heterocycles. The normalized spacial score (nSPS) is 11.2. The third-order valence-electron chi connectivity index (χ3n) is 5.21. The highest BCUT2D eigenvalue weighted by Gasteiger charge is 2.12. The molecule has 8 nitrogen and oxygen atoms in total. The molecule has 0 atom stereocenters. The molecular weight excluding hydrogens is 434 g/mol. The molecule has 0 saturated carbocycles. The van der Waals surface area contributed by atoms with Gasteiger partial charge < -0.3 is 5.32 Å². The van der Waals surface area contributed by atoms with Gasteiger partial charge in [0.05, 0.1) is 21.4 Å². The number of hydrogen-bond donors (Lipinski definition) is 1. The number of carbonyl (C=O) groups is 1. The number of hydrogen-bond acceptors (Lipinski definition) is 7. The molecule has 4 aromatic heterocycles. The molecule has 2 aromatic carbocycles. The first kappa shape index (κ1) is 19.2. The van der Waals surface area contributed by atoms with E-state index in [9.17, 15) is 4.79 Å². The summed E-state index contributed by atoms with van der Waals surface area (Å²) in [6, 6.07) is 20.6. The summed E-state index contributed by atoms with van der Waals surface area (Å²) >= 11 is 1.51. The summed E-state index contributed by atoms with van der Waals surface area (Å²) in [5, 5.41) is 16.1. The molecule has 6 aromatic rings. The van der Waals surface area contributed by atoms with Gasteiger partial charge in [0, 0.05) is 34.8 Å². The second-order valence-corrected chi connectivity index (χ2v) is 8.21. The van der Waals surface area contributed by atoms with E-state index in [0.717, 1.165) is 27.0 Å². The van der Waals surface area contributed by atoms with Gasteiger partial charge >= 0.3 is 0 Å². The number of benzene rings is 2. The number of fused-ring (bicyclic) bond motifs is 2. The molecule has 9 heteroatoms. The zero-order chi connectivity index (χ0) is 22.2. The van der Waals surface area contributed by atoms with Crippen molar-refractivity contribution in [2.75, 3.05) is 5.32 Å². The lowest BCUT2D eigenvalue weighted by molar-refractivity contribution is 0.102. The molecule has 0 bridgehead atoms. The third-order valence-corrected chi connectivity index (χ3v) is 6.01. The fourth-order valence-corrected chi connectivity index (χ4v) is 4.26. The quantitative estimate of drug-likeness (QED) is 0.418. The molecule has 0 spiro atoms. The first-order valence-electron chi connectivity index (χ1n) is 10.1. The average molecular weight is 449 g/mol. The highest BCUT2D eigenvalue weighted by atomic mass is 32.1. The number of thiazole rings is 1. The fourth-order valence-electron chi connectivity index (χ4n) is 3.54. The highest BCUT2D eigenvalue weighted by Crippen LogP contribution is 2.23. The molecule has 0 saturated heterocycles. The average Bonchev–Trinajstić information content (AvgIpc) is 3.51. The second kappa shape index (κ2) is 7.88. The maximum absolute atomic E-state index is 12.7. The van der Waals surface area contributed by atoms with Crippen LogP contribution in [0.15, 0.2) is 84.6 Å². The van der Waals surface area contributed by atoms with Gasteiger partial charge in [0.2, 0.25) is 0 Å². The minimum atomic E-state index is -0.164. The van der Waals surface area contributed by atoms with Gasteiger partial charge in [-0.2, -0.15) is 9.61 Å². The fraction of sp³-hybridized carbons (Fsp3) is 0. The number of amides is 1. The van der Waals surface area contributed by atoms with Crippen molar-refractivity contribution >= 4 is 38.8 Å². The zero-order valence-electron chi connectivity index (χ0n) is 17.1. The second-order valence-electron chi connectivity index (χ2n) is 7.32. The van der Waals surface area contributed by atoms with Crippen LogP contribution in [0.4, 0.5) is 5.69 Å². The lowest BCUT2D eigenvalue weighted by atomic mass is 10.1. The molecule has 0 unspecified atom stereocenters. The summed E-state index contributed by atoms with van der Waals surface area (Å²) in [4.78, 5) is 21.1. The van der Waals surface area contributed by atoms with E-state index in [4.69, 9.17) is 5.10 Å². The molecule has 1 amide bonds. The molecule has 1 N–H and O–H groups in total. The minimum absolute atomic E-state index is 0.164. The van der Waals surface area contributed by atoms with Crippen LogP contribution in [0, 0.1) is 0 Å². The number of carbonyl (C=O) groups excluding carboxylic acids is 1. The van der Waals surface area contributed by atoms with E-state index in [1.165, 1.54) is 11.3 Å². The summed E-state index contributed by atoms with van der Waals surface area (Å²) in [7, 11) is 0. The highest BCUT2D eigenvalue weighted by molar-refractivity contribution is 7.16. The van der Waals surface area contributed by atoms with E-state index in [-0.39, 0.29) is 5.91 Å². The molecular formula is C24H15N7OS. The van der Waals surface area contributed by atoms with Crippen molar-refractivity contribution in [3.05, 3.63) is 90.2 Å². The summed E-state index contributed by atoms with van der Waals surface area (Å²) in [5.74, 6) is 0.463. The van der Waals surface area contributed by atoms with Crippen LogP contribution in [-0.4, -0.2) is 35.7 Å². The van der Waals surface area contributed by atoms with E-state index in [2.05, 4.69) is 25.5 Å². The Kier molecular flexibility index (Phi) is 4.59. The summed E-state index contributed by atoms with van der Waals surface area (Å²) in [6.45, 7) is 0. The van der Waals surface area contributed by atoms with Crippen molar-refractivity contribution < 1.29 is 4.79 Å². The summed E-state index contributed by atoms with van der Waals surface area (Å²) in [5.41, 5.74) is 7.13. The molecule has 0 fully saturated rings. The molecule has 33 heavy (non-hydrogen) atoms. The molecule has 158 valence electrons. The van der Waals surface area contributed by atoms with Gasteiger partial charge in [0.15, 0.2) is 11.5 Å². The molecule has 6 rings (SSSR count). The Morgan fingerprint density at radius 2 is 1.85 bits per heavy atom. The van der Waals surface area contributed by atoms with Gasteiger partial charge in [0.25, 0.3) is 5.91 Å². The smallest absolute Gasteiger partial charge is 0.255 e. The van der Waals surface area contributed by atoms with E-state index < -0.39 is 0 Å². The lowest BCUT2D eigenvalue weighted by Gasteiger charge is -2.07. The van der Waals surface area contributed by atoms with Crippen LogP contribution in [0.1, 0.15) is 10.4 Å². The van der Waals surface area contributed by atoms with Crippen LogP contribution < -0.4 is 5.32 Å². The molecule has 0 radical (unpaired) electrons. The van der Waals surface area contributed by atoms with Gasteiger partial charge in [-0.15, -0.1) is 21.5 Å². The minimum Gasteiger partial charge on any atom is -0.322 e. The van der Waals surface area contributed by atoms with Gasteiger partial charge in [0.1, 0.15) is 0 Å². The van der Waals surface area contributed by atoms with E-state index in [1.807, 2.05) is 60.7 Å².